The van der Waals surface area contributed by atoms with Crippen LogP contribution in [0.1, 0.15) is 0 Å². The Labute approximate surface area is 95.2 Å². The van der Waals surface area contributed by atoms with Crippen molar-refractivity contribution in [3.05, 3.63) is 28.2 Å². The fourth-order valence-electron chi connectivity index (χ4n) is 1.03. The Morgan fingerprint density at radius 2 is 1.80 bits per heavy atom. The number of rotatable bonds is 2. The van der Waals surface area contributed by atoms with Gasteiger partial charge in [-0.2, -0.15) is 0 Å². The highest BCUT2D eigenvalue weighted by atomic mass is 35.5. The zero-order valence-corrected chi connectivity index (χ0v) is 8.88. The largest absolute Gasteiger partial charge is 0.389 e. The maximum absolute atomic E-state index is 5.81. The van der Waals surface area contributed by atoms with Crippen LogP contribution in [0.2, 0.25) is 10.0 Å². The Morgan fingerprint density at radius 3 is 2.33 bits per heavy atom. The van der Waals surface area contributed by atoms with Gasteiger partial charge >= 0.3 is 12.0 Å². The number of nitrogens with two attached hydrogens (primary N) is 1. The molecule has 5 nitrogen and oxygen atoms in total. The van der Waals surface area contributed by atoms with Crippen LogP contribution in [0.5, 0.6) is 0 Å². The quantitative estimate of drug-likeness (QED) is 0.850. The molecule has 0 aliphatic heterocycles. The van der Waals surface area contributed by atoms with Gasteiger partial charge in [-0.25, -0.2) is 0 Å². The minimum Gasteiger partial charge on any atom is -0.389 e. The monoisotopic (exact) mass is 244 g/mol. The maximum Gasteiger partial charge on any atom is 0.321 e. The van der Waals surface area contributed by atoms with Crippen molar-refractivity contribution in [1.82, 2.24) is 10.2 Å². The third-order valence-electron chi connectivity index (χ3n) is 1.55. The highest BCUT2D eigenvalue weighted by Gasteiger charge is 2.04. The second-order valence-electron chi connectivity index (χ2n) is 2.73. The SMILES string of the molecule is Nc1nnc(Nc2cc(Cl)cc(Cl)c2)o1. The minimum absolute atomic E-state index is 0.00868. The number of nitrogens with zero attached hydrogens (tertiary/aromatic N) is 2. The summed E-state index contributed by atoms with van der Waals surface area (Å²) in [4.78, 5) is 0. The highest BCUT2D eigenvalue weighted by molar-refractivity contribution is 6.35. The zero-order chi connectivity index (χ0) is 10.8. The fraction of sp³-hybridized carbons (Fsp3) is 0. The van der Waals surface area contributed by atoms with E-state index in [1.807, 2.05) is 0 Å². The molecule has 1 heterocycles. The normalized spacial score (nSPS) is 10.3. The lowest BCUT2D eigenvalue weighted by molar-refractivity contribution is 0.593. The first kappa shape index (κ1) is 10.1. The lowest BCUT2D eigenvalue weighted by Crippen LogP contribution is -1.90. The van der Waals surface area contributed by atoms with Gasteiger partial charge in [-0.05, 0) is 18.2 Å². The first-order valence-corrected chi connectivity index (χ1v) is 4.71. The van der Waals surface area contributed by atoms with Crippen molar-refractivity contribution in [1.29, 1.82) is 0 Å². The molecule has 0 amide bonds. The fourth-order valence-corrected chi connectivity index (χ4v) is 1.56. The summed E-state index contributed by atoms with van der Waals surface area (Å²) in [5, 5.41) is 11.0. The lowest BCUT2D eigenvalue weighted by Gasteiger charge is -2.02. The molecule has 0 aliphatic carbocycles. The molecular formula is C8H6Cl2N4O. The van der Waals surface area contributed by atoms with Crippen LogP contribution in [0.4, 0.5) is 17.7 Å². The number of nitrogen functional groups attached to an aromatic ring is 1. The number of aromatic nitrogens is 2. The van der Waals surface area contributed by atoms with E-state index in [1.54, 1.807) is 18.2 Å². The van der Waals surface area contributed by atoms with Crippen LogP contribution in [0, 0.1) is 0 Å². The van der Waals surface area contributed by atoms with Gasteiger partial charge in [-0.1, -0.05) is 33.4 Å². The molecule has 0 aliphatic rings. The Morgan fingerprint density at radius 1 is 1.13 bits per heavy atom. The third kappa shape index (κ3) is 2.51. The van der Waals surface area contributed by atoms with Crippen molar-refractivity contribution in [3.8, 4) is 0 Å². The topological polar surface area (TPSA) is 77.0 Å². The molecule has 0 fully saturated rings. The summed E-state index contributed by atoms with van der Waals surface area (Å²) in [7, 11) is 0. The van der Waals surface area contributed by atoms with Gasteiger partial charge in [0.1, 0.15) is 0 Å². The van der Waals surface area contributed by atoms with Gasteiger partial charge in [0.05, 0.1) is 0 Å². The summed E-state index contributed by atoms with van der Waals surface area (Å²) in [6.07, 6.45) is 0. The summed E-state index contributed by atoms with van der Waals surface area (Å²) >= 11 is 11.6. The Kier molecular flexibility index (Phi) is 2.66. The number of nitrogens with one attached hydrogen (secondary N) is 1. The molecule has 2 aromatic rings. The molecule has 0 spiro atoms. The van der Waals surface area contributed by atoms with E-state index in [9.17, 15) is 0 Å². The van der Waals surface area contributed by atoms with E-state index < -0.39 is 0 Å². The van der Waals surface area contributed by atoms with Crippen LogP contribution in [0.15, 0.2) is 22.6 Å². The summed E-state index contributed by atoms with van der Waals surface area (Å²) < 4.78 is 4.93. The molecule has 0 unspecified atom stereocenters. The van der Waals surface area contributed by atoms with Crippen LogP contribution < -0.4 is 11.1 Å². The van der Waals surface area contributed by atoms with Gasteiger partial charge in [0.15, 0.2) is 0 Å². The minimum atomic E-state index is -0.00868. The first-order valence-electron chi connectivity index (χ1n) is 3.95. The van der Waals surface area contributed by atoms with E-state index in [4.69, 9.17) is 33.4 Å². The van der Waals surface area contributed by atoms with Crippen molar-refractivity contribution in [2.75, 3.05) is 11.1 Å². The Balaban J connectivity index is 2.24. The second kappa shape index (κ2) is 3.96. The number of hydrogen-bond acceptors (Lipinski definition) is 5. The summed E-state index contributed by atoms with van der Waals surface area (Å²) in [5.74, 6) is 0. The van der Waals surface area contributed by atoms with E-state index in [1.165, 1.54) is 0 Å². The van der Waals surface area contributed by atoms with Crippen LogP contribution in [0.25, 0.3) is 0 Å². The molecule has 3 N–H and O–H groups in total. The maximum atomic E-state index is 5.81. The average Bonchev–Trinajstić information content (AvgIpc) is 2.49. The number of halogens is 2. The van der Waals surface area contributed by atoms with Crippen LogP contribution in [0.3, 0.4) is 0 Å². The molecule has 0 saturated carbocycles. The predicted molar refractivity (Wildman–Crippen MR) is 58.5 cm³/mol. The lowest BCUT2D eigenvalue weighted by atomic mass is 10.3. The van der Waals surface area contributed by atoms with Gasteiger partial charge in [-0.3, -0.25) is 0 Å². The second-order valence-corrected chi connectivity index (χ2v) is 3.60. The molecule has 0 atom stereocenters. The molecule has 0 radical (unpaired) electrons. The molecular weight excluding hydrogens is 239 g/mol. The van der Waals surface area contributed by atoms with Crippen LogP contribution in [-0.4, -0.2) is 10.2 Å². The standard InChI is InChI=1S/C8H6Cl2N4O/c9-4-1-5(10)3-6(2-4)12-8-14-13-7(11)15-8/h1-3H,(H2,11,13)(H,12,14). The van der Waals surface area contributed by atoms with Crippen molar-refractivity contribution in [3.63, 3.8) is 0 Å². The summed E-state index contributed by atoms with van der Waals surface area (Å²) in [6, 6.07) is 5.15. The highest BCUT2D eigenvalue weighted by Crippen LogP contribution is 2.24. The van der Waals surface area contributed by atoms with Crippen LogP contribution >= 0.6 is 23.2 Å². The molecule has 0 saturated heterocycles. The van der Waals surface area contributed by atoms with E-state index in [0.29, 0.717) is 15.7 Å². The van der Waals surface area contributed by atoms with Gasteiger partial charge < -0.3 is 15.5 Å². The average molecular weight is 245 g/mol. The van der Waals surface area contributed by atoms with Gasteiger partial charge in [0.25, 0.3) is 0 Å². The van der Waals surface area contributed by atoms with Crippen LogP contribution in [-0.2, 0) is 0 Å². The van der Waals surface area contributed by atoms with Crippen molar-refractivity contribution in [2.45, 2.75) is 0 Å². The summed E-state index contributed by atoms with van der Waals surface area (Å²) in [5.41, 5.74) is 5.91. The smallest absolute Gasteiger partial charge is 0.321 e. The Hall–Kier alpha value is -1.46. The van der Waals surface area contributed by atoms with Gasteiger partial charge in [0.2, 0.25) is 0 Å². The van der Waals surface area contributed by atoms with Crippen molar-refractivity contribution < 1.29 is 4.42 Å². The zero-order valence-electron chi connectivity index (χ0n) is 7.37. The predicted octanol–water partition coefficient (Wildman–Crippen LogP) is 2.70. The molecule has 1 aromatic carbocycles. The van der Waals surface area contributed by atoms with E-state index in [0.717, 1.165) is 0 Å². The Bertz CT molecular complexity index is 465. The first-order chi connectivity index (χ1) is 7.13. The van der Waals surface area contributed by atoms with Gasteiger partial charge in [-0.15, -0.1) is 0 Å². The van der Waals surface area contributed by atoms with E-state index >= 15 is 0 Å². The van der Waals surface area contributed by atoms with Gasteiger partial charge in [0, 0.05) is 15.7 Å². The number of benzene rings is 1. The third-order valence-corrected chi connectivity index (χ3v) is 1.99. The number of hydrogen-bond donors (Lipinski definition) is 2. The molecule has 7 heteroatoms. The molecule has 1 aromatic heterocycles. The molecule has 0 bridgehead atoms. The summed E-state index contributed by atoms with van der Waals surface area (Å²) in [6.45, 7) is 0. The molecule has 2 rings (SSSR count). The van der Waals surface area contributed by atoms with Crippen molar-refractivity contribution in [2.24, 2.45) is 0 Å². The van der Waals surface area contributed by atoms with Crippen molar-refractivity contribution >= 4 is 40.9 Å². The molecule has 78 valence electrons. The molecule has 15 heavy (non-hydrogen) atoms. The number of anilines is 3. The van der Waals surface area contributed by atoms with E-state index in [-0.39, 0.29) is 12.0 Å². The van der Waals surface area contributed by atoms with E-state index in [2.05, 4.69) is 15.5 Å².